The Morgan fingerprint density at radius 3 is 2.18 bits per heavy atom. The summed E-state index contributed by atoms with van der Waals surface area (Å²) in [4.78, 5) is 36.8. The van der Waals surface area contributed by atoms with Gasteiger partial charge in [0.05, 0.1) is 5.56 Å². The molecule has 2 rings (SSSR count). The molecular formula is C23H26F3N3O4. The first kappa shape index (κ1) is 25.7. The Hall–Kier alpha value is -3.56. The van der Waals surface area contributed by atoms with Crippen molar-refractivity contribution in [2.24, 2.45) is 11.7 Å². The molecule has 0 unspecified atom stereocenters. The number of alkyl halides is 3. The number of ether oxygens (including phenoxy) is 1. The van der Waals surface area contributed by atoms with E-state index in [0.717, 1.165) is 17.7 Å². The average Bonchev–Trinajstić information content (AvgIpc) is 2.75. The first-order chi connectivity index (χ1) is 15.5. The number of rotatable bonds is 9. The molecule has 2 aromatic carbocycles. The monoisotopic (exact) mass is 465 g/mol. The Labute approximate surface area is 189 Å². The van der Waals surface area contributed by atoms with E-state index in [1.54, 1.807) is 38.1 Å². The largest absolute Gasteiger partial charge is 0.445 e. The maximum atomic E-state index is 12.9. The lowest BCUT2D eigenvalue weighted by Crippen LogP contribution is -2.55. The number of halogens is 3. The lowest BCUT2D eigenvalue weighted by atomic mass is 10.0. The van der Waals surface area contributed by atoms with Crippen molar-refractivity contribution in [1.82, 2.24) is 10.6 Å². The predicted molar refractivity (Wildman–Crippen MR) is 115 cm³/mol. The molecule has 0 saturated carbocycles. The molecule has 7 nitrogen and oxygen atoms in total. The molecule has 0 aliphatic heterocycles. The van der Waals surface area contributed by atoms with Gasteiger partial charge in [-0.2, -0.15) is 13.2 Å². The van der Waals surface area contributed by atoms with Gasteiger partial charge in [0.1, 0.15) is 18.7 Å². The van der Waals surface area contributed by atoms with Crippen LogP contribution in [0, 0.1) is 5.92 Å². The zero-order valence-electron chi connectivity index (χ0n) is 18.2. The van der Waals surface area contributed by atoms with Crippen molar-refractivity contribution in [3.8, 4) is 0 Å². The van der Waals surface area contributed by atoms with Gasteiger partial charge in [-0.05, 0) is 23.1 Å². The Morgan fingerprint density at radius 1 is 0.970 bits per heavy atom. The summed E-state index contributed by atoms with van der Waals surface area (Å²) in [5, 5.41) is 4.87. The van der Waals surface area contributed by atoms with Crippen LogP contribution in [-0.2, 0) is 33.5 Å². The van der Waals surface area contributed by atoms with Gasteiger partial charge >= 0.3 is 12.3 Å². The SMILES string of the molecule is CC(C)[C@@H](NC(=O)OCc1ccccc1)C(=O)N[C@@H](Cc1cccc(C(F)(F)F)c1)C(N)=O. The van der Waals surface area contributed by atoms with Crippen molar-refractivity contribution in [2.75, 3.05) is 0 Å². The van der Waals surface area contributed by atoms with Crippen molar-refractivity contribution in [2.45, 2.75) is 45.1 Å². The molecular weight excluding hydrogens is 439 g/mol. The molecule has 0 saturated heterocycles. The van der Waals surface area contributed by atoms with Gasteiger partial charge in [-0.3, -0.25) is 9.59 Å². The number of amides is 3. The first-order valence-electron chi connectivity index (χ1n) is 10.2. The number of nitrogens with two attached hydrogens (primary N) is 1. The van der Waals surface area contributed by atoms with Gasteiger partial charge in [0.15, 0.2) is 0 Å². The van der Waals surface area contributed by atoms with Crippen LogP contribution in [-0.4, -0.2) is 30.0 Å². The highest BCUT2D eigenvalue weighted by Crippen LogP contribution is 2.29. The van der Waals surface area contributed by atoms with Crippen LogP contribution in [0.4, 0.5) is 18.0 Å². The molecule has 0 heterocycles. The number of nitrogens with one attached hydrogen (secondary N) is 2. The molecule has 33 heavy (non-hydrogen) atoms. The van der Waals surface area contributed by atoms with E-state index in [1.807, 2.05) is 6.07 Å². The molecule has 0 fully saturated rings. The van der Waals surface area contributed by atoms with E-state index in [1.165, 1.54) is 12.1 Å². The summed E-state index contributed by atoms with van der Waals surface area (Å²) in [6.07, 6.45) is -5.62. The number of alkyl carbamates (subject to hydrolysis) is 1. The fourth-order valence-electron chi connectivity index (χ4n) is 3.02. The minimum absolute atomic E-state index is 0.00142. The lowest BCUT2D eigenvalue weighted by Gasteiger charge is -2.24. The Balaban J connectivity index is 2.03. The van der Waals surface area contributed by atoms with E-state index in [0.29, 0.717) is 0 Å². The fourth-order valence-corrected chi connectivity index (χ4v) is 3.02. The molecule has 2 atom stereocenters. The van der Waals surface area contributed by atoms with E-state index in [2.05, 4.69) is 10.6 Å². The normalized spacial score (nSPS) is 13.2. The van der Waals surface area contributed by atoms with Gasteiger partial charge in [-0.15, -0.1) is 0 Å². The Bertz CT molecular complexity index is 965. The summed E-state index contributed by atoms with van der Waals surface area (Å²) in [6.45, 7) is 3.35. The van der Waals surface area contributed by atoms with Crippen LogP contribution in [0.5, 0.6) is 0 Å². The fraction of sp³-hybridized carbons (Fsp3) is 0.348. The first-order valence-corrected chi connectivity index (χ1v) is 10.2. The van der Waals surface area contributed by atoms with Crippen molar-refractivity contribution in [3.05, 3.63) is 71.3 Å². The zero-order chi connectivity index (χ0) is 24.6. The standard InChI is InChI=1S/C23H26F3N3O4/c1-14(2)19(29-22(32)33-13-15-7-4-3-5-8-15)21(31)28-18(20(27)30)12-16-9-6-10-17(11-16)23(24,25)26/h3-11,14,18-19H,12-13H2,1-2H3,(H2,27,30)(H,28,31)(H,29,32)/t18-,19+/m0/s1. The number of hydrogen-bond acceptors (Lipinski definition) is 4. The molecule has 178 valence electrons. The summed E-state index contributed by atoms with van der Waals surface area (Å²) in [6, 6.07) is 11.0. The summed E-state index contributed by atoms with van der Waals surface area (Å²) in [7, 11) is 0. The minimum Gasteiger partial charge on any atom is -0.445 e. The Morgan fingerprint density at radius 2 is 1.61 bits per heavy atom. The summed E-state index contributed by atoms with van der Waals surface area (Å²) >= 11 is 0. The second-order valence-corrected chi connectivity index (χ2v) is 7.79. The average molecular weight is 465 g/mol. The zero-order valence-corrected chi connectivity index (χ0v) is 18.2. The second-order valence-electron chi connectivity index (χ2n) is 7.79. The Kier molecular flexibility index (Phi) is 8.84. The number of benzene rings is 2. The number of carbonyl (C=O) groups is 3. The van der Waals surface area contributed by atoms with Crippen molar-refractivity contribution < 1.29 is 32.3 Å². The van der Waals surface area contributed by atoms with Gasteiger partial charge in [-0.25, -0.2) is 4.79 Å². The highest BCUT2D eigenvalue weighted by Gasteiger charge is 2.32. The molecule has 0 bridgehead atoms. The number of carbonyl (C=O) groups excluding carboxylic acids is 3. The van der Waals surface area contributed by atoms with Crippen LogP contribution in [0.3, 0.4) is 0 Å². The molecule has 4 N–H and O–H groups in total. The third-order valence-corrected chi connectivity index (χ3v) is 4.79. The molecule has 0 aromatic heterocycles. The molecule has 0 radical (unpaired) electrons. The molecule has 3 amide bonds. The van der Waals surface area contributed by atoms with E-state index in [-0.39, 0.29) is 24.5 Å². The van der Waals surface area contributed by atoms with Gasteiger partial charge in [0.2, 0.25) is 11.8 Å². The molecule has 0 aliphatic carbocycles. The number of primary amides is 1. The molecule has 0 spiro atoms. The van der Waals surface area contributed by atoms with E-state index in [9.17, 15) is 27.6 Å². The second kappa shape index (κ2) is 11.3. The van der Waals surface area contributed by atoms with Crippen molar-refractivity contribution >= 4 is 17.9 Å². The van der Waals surface area contributed by atoms with Crippen LogP contribution in [0.2, 0.25) is 0 Å². The summed E-state index contributed by atoms with van der Waals surface area (Å²) in [5.74, 6) is -2.01. The number of hydrogen-bond donors (Lipinski definition) is 3. The third-order valence-electron chi connectivity index (χ3n) is 4.79. The van der Waals surface area contributed by atoms with Crippen LogP contribution >= 0.6 is 0 Å². The summed E-state index contributed by atoms with van der Waals surface area (Å²) < 4.78 is 44.0. The van der Waals surface area contributed by atoms with Crippen molar-refractivity contribution in [3.63, 3.8) is 0 Å². The molecule has 10 heteroatoms. The topological polar surface area (TPSA) is 111 Å². The predicted octanol–water partition coefficient (Wildman–Crippen LogP) is 3.17. The van der Waals surface area contributed by atoms with Crippen molar-refractivity contribution in [1.29, 1.82) is 0 Å². The summed E-state index contributed by atoms with van der Waals surface area (Å²) in [5.41, 5.74) is 5.41. The van der Waals surface area contributed by atoms with E-state index >= 15 is 0 Å². The van der Waals surface area contributed by atoms with Gasteiger partial charge in [-0.1, -0.05) is 62.4 Å². The minimum atomic E-state index is -4.55. The van der Waals surface area contributed by atoms with Gasteiger partial charge in [0, 0.05) is 6.42 Å². The quantitative estimate of drug-likeness (QED) is 0.528. The maximum Gasteiger partial charge on any atom is 0.416 e. The van der Waals surface area contributed by atoms with E-state index < -0.39 is 41.7 Å². The van der Waals surface area contributed by atoms with Crippen LogP contribution < -0.4 is 16.4 Å². The van der Waals surface area contributed by atoms with E-state index in [4.69, 9.17) is 10.5 Å². The molecule has 0 aliphatic rings. The third kappa shape index (κ3) is 8.13. The van der Waals surface area contributed by atoms with Crippen LogP contribution in [0.15, 0.2) is 54.6 Å². The van der Waals surface area contributed by atoms with Crippen LogP contribution in [0.25, 0.3) is 0 Å². The van der Waals surface area contributed by atoms with Gasteiger partial charge in [0.25, 0.3) is 0 Å². The van der Waals surface area contributed by atoms with Gasteiger partial charge < -0.3 is 21.1 Å². The lowest BCUT2D eigenvalue weighted by molar-refractivity contribution is -0.137. The smallest absolute Gasteiger partial charge is 0.416 e. The molecule has 2 aromatic rings. The van der Waals surface area contributed by atoms with Crippen LogP contribution in [0.1, 0.15) is 30.5 Å². The highest BCUT2D eigenvalue weighted by molar-refractivity contribution is 5.91. The highest BCUT2D eigenvalue weighted by atomic mass is 19.4. The maximum absolute atomic E-state index is 12.9.